The lowest BCUT2D eigenvalue weighted by molar-refractivity contribution is 0.300. The number of aliphatic hydroxyl groups excluding tert-OH is 1. The highest BCUT2D eigenvalue weighted by Gasteiger charge is 2.09. The summed E-state index contributed by atoms with van der Waals surface area (Å²) in [7, 11) is 0. The van der Waals surface area contributed by atoms with Gasteiger partial charge in [-0.25, -0.2) is 4.39 Å². The highest BCUT2D eigenvalue weighted by atomic mass is 35.5. The second kappa shape index (κ2) is 4.87. The zero-order valence-corrected chi connectivity index (χ0v) is 9.20. The fraction of sp³-hybridized carbons (Fsp3) is 0.333. The first-order valence-corrected chi connectivity index (χ1v) is 5.32. The molecule has 0 radical (unpaired) electrons. The van der Waals surface area contributed by atoms with Crippen LogP contribution < -0.4 is 5.73 Å². The molecule has 1 aromatic carbocycles. The zero-order chi connectivity index (χ0) is 10.7. The molecule has 2 nitrogen and oxygen atoms in total. The molecule has 14 heavy (non-hydrogen) atoms. The number of hydrogen-bond acceptors (Lipinski definition) is 3. The SMILES string of the molecule is CC(CO)Sc1cc(Cl)c(F)cc1N. The molecule has 0 aromatic heterocycles. The van der Waals surface area contributed by atoms with Gasteiger partial charge in [0.2, 0.25) is 0 Å². The third kappa shape index (κ3) is 2.77. The van der Waals surface area contributed by atoms with E-state index < -0.39 is 5.82 Å². The molecule has 0 saturated heterocycles. The minimum absolute atomic E-state index is 0.0128. The van der Waals surface area contributed by atoms with Crippen LogP contribution in [0, 0.1) is 5.82 Å². The molecule has 0 heterocycles. The summed E-state index contributed by atoms with van der Waals surface area (Å²) >= 11 is 6.97. The van der Waals surface area contributed by atoms with E-state index in [0.29, 0.717) is 10.6 Å². The van der Waals surface area contributed by atoms with E-state index in [-0.39, 0.29) is 16.9 Å². The number of anilines is 1. The molecule has 1 rings (SSSR count). The van der Waals surface area contributed by atoms with Crippen LogP contribution in [0.5, 0.6) is 0 Å². The Morgan fingerprint density at radius 2 is 2.29 bits per heavy atom. The van der Waals surface area contributed by atoms with Crippen LogP contribution in [0.25, 0.3) is 0 Å². The molecule has 78 valence electrons. The van der Waals surface area contributed by atoms with E-state index in [1.807, 2.05) is 6.92 Å². The second-order valence-electron chi connectivity index (χ2n) is 2.92. The Morgan fingerprint density at radius 1 is 1.64 bits per heavy atom. The highest BCUT2D eigenvalue weighted by Crippen LogP contribution is 2.32. The predicted molar refractivity (Wildman–Crippen MR) is 58.2 cm³/mol. The first-order valence-electron chi connectivity index (χ1n) is 4.06. The van der Waals surface area contributed by atoms with Crippen molar-refractivity contribution < 1.29 is 9.50 Å². The molecule has 0 fully saturated rings. The van der Waals surface area contributed by atoms with Crippen LogP contribution >= 0.6 is 23.4 Å². The molecule has 0 aliphatic heterocycles. The van der Waals surface area contributed by atoms with Crippen LogP contribution in [0.4, 0.5) is 10.1 Å². The van der Waals surface area contributed by atoms with Crippen LogP contribution in [-0.4, -0.2) is 17.0 Å². The van der Waals surface area contributed by atoms with E-state index in [2.05, 4.69) is 0 Å². The average molecular weight is 236 g/mol. The summed E-state index contributed by atoms with van der Waals surface area (Å²) in [5.74, 6) is -0.523. The first kappa shape index (κ1) is 11.6. The van der Waals surface area contributed by atoms with Crippen molar-refractivity contribution in [1.82, 2.24) is 0 Å². The Morgan fingerprint density at radius 3 is 2.86 bits per heavy atom. The van der Waals surface area contributed by atoms with E-state index >= 15 is 0 Å². The number of halogens is 2. The van der Waals surface area contributed by atoms with Crippen LogP contribution in [0.2, 0.25) is 5.02 Å². The first-order chi connectivity index (χ1) is 6.54. The number of aliphatic hydroxyl groups is 1. The smallest absolute Gasteiger partial charge is 0.143 e. The molecule has 1 aromatic rings. The highest BCUT2D eigenvalue weighted by molar-refractivity contribution is 8.00. The van der Waals surface area contributed by atoms with Crippen LogP contribution in [-0.2, 0) is 0 Å². The minimum Gasteiger partial charge on any atom is -0.398 e. The number of benzene rings is 1. The second-order valence-corrected chi connectivity index (χ2v) is 4.80. The van der Waals surface area contributed by atoms with E-state index in [1.165, 1.54) is 23.9 Å². The van der Waals surface area contributed by atoms with Crippen molar-refractivity contribution in [2.45, 2.75) is 17.1 Å². The fourth-order valence-electron chi connectivity index (χ4n) is 0.900. The van der Waals surface area contributed by atoms with Gasteiger partial charge in [0.25, 0.3) is 0 Å². The van der Waals surface area contributed by atoms with E-state index in [9.17, 15) is 4.39 Å². The van der Waals surface area contributed by atoms with Crippen molar-refractivity contribution in [1.29, 1.82) is 0 Å². The van der Waals surface area contributed by atoms with E-state index in [1.54, 1.807) is 0 Å². The predicted octanol–water partition coefficient (Wildman–Crippen LogP) is 2.53. The normalized spacial score (nSPS) is 12.9. The van der Waals surface area contributed by atoms with Gasteiger partial charge < -0.3 is 10.8 Å². The molecule has 0 aliphatic rings. The Balaban J connectivity index is 2.92. The van der Waals surface area contributed by atoms with Gasteiger partial charge in [0.15, 0.2) is 0 Å². The molecule has 0 spiro atoms. The quantitative estimate of drug-likeness (QED) is 0.625. The summed E-state index contributed by atoms with van der Waals surface area (Å²) in [6, 6.07) is 2.66. The van der Waals surface area contributed by atoms with Crippen LogP contribution in [0.3, 0.4) is 0 Å². The maximum absolute atomic E-state index is 12.9. The Kier molecular flexibility index (Phi) is 4.04. The zero-order valence-electron chi connectivity index (χ0n) is 7.63. The lowest BCUT2D eigenvalue weighted by atomic mass is 10.3. The molecule has 1 unspecified atom stereocenters. The minimum atomic E-state index is -0.523. The number of hydrogen-bond donors (Lipinski definition) is 2. The van der Waals surface area contributed by atoms with Crippen molar-refractivity contribution >= 4 is 29.1 Å². The summed E-state index contributed by atoms with van der Waals surface area (Å²) < 4.78 is 12.9. The lowest BCUT2D eigenvalue weighted by Crippen LogP contribution is -2.03. The molecule has 0 aliphatic carbocycles. The summed E-state index contributed by atoms with van der Waals surface area (Å²) in [6.07, 6.45) is 0. The Hall–Kier alpha value is -0.450. The van der Waals surface area contributed by atoms with Crippen LogP contribution in [0.1, 0.15) is 6.92 Å². The van der Waals surface area contributed by atoms with Gasteiger partial charge in [-0.15, -0.1) is 11.8 Å². The number of nitrogens with two attached hydrogens (primary N) is 1. The summed E-state index contributed by atoms with van der Waals surface area (Å²) in [4.78, 5) is 0.693. The standard InChI is InChI=1S/C9H11ClFNOS/c1-5(4-13)14-9-2-6(10)7(11)3-8(9)12/h2-3,5,13H,4,12H2,1H3. The van der Waals surface area contributed by atoms with Crippen molar-refractivity contribution in [2.24, 2.45) is 0 Å². The molecule has 0 bridgehead atoms. The maximum atomic E-state index is 12.9. The monoisotopic (exact) mass is 235 g/mol. The number of nitrogen functional groups attached to an aromatic ring is 1. The lowest BCUT2D eigenvalue weighted by Gasteiger charge is -2.10. The third-order valence-corrected chi connectivity index (χ3v) is 3.09. The van der Waals surface area contributed by atoms with Crippen molar-refractivity contribution in [2.75, 3.05) is 12.3 Å². The van der Waals surface area contributed by atoms with Gasteiger partial charge in [-0.3, -0.25) is 0 Å². The largest absolute Gasteiger partial charge is 0.398 e. The molecule has 0 saturated carbocycles. The molecular weight excluding hydrogens is 225 g/mol. The van der Waals surface area contributed by atoms with Gasteiger partial charge in [0.1, 0.15) is 5.82 Å². The van der Waals surface area contributed by atoms with E-state index in [4.69, 9.17) is 22.4 Å². The topological polar surface area (TPSA) is 46.2 Å². The van der Waals surface area contributed by atoms with Crippen molar-refractivity contribution in [3.05, 3.63) is 23.0 Å². The fourth-order valence-corrected chi connectivity index (χ4v) is 2.02. The third-order valence-electron chi connectivity index (χ3n) is 1.64. The van der Waals surface area contributed by atoms with Gasteiger partial charge in [0.05, 0.1) is 11.6 Å². The van der Waals surface area contributed by atoms with Crippen molar-refractivity contribution in [3.8, 4) is 0 Å². The van der Waals surface area contributed by atoms with Gasteiger partial charge >= 0.3 is 0 Å². The van der Waals surface area contributed by atoms with Crippen molar-refractivity contribution in [3.63, 3.8) is 0 Å². The summed E-state index contributed by atoms with van der Waals surface area (Å²) in [5, 5.41) is 8.90. The molecule has 1 atom stereocenters. The maximum Gasteiger partial charge on any atom is 0.143 e. The average Bonchev–Trinajstić information content (AvgIpc) is 2.14. The number of thioether (sulfide) groups is 1. The van der Waals surface area contributed by atoms with E-state index in [0.717, 1.165) is 0 Å². The molecule has 5 heteroatoms. The van der Waals surface area contributed by atoms with Gasteiger partial charge in [-0.05, 0) is 12.1 Å². The summed E-state index contributed by atoms with van der Waals surface area (Å²) in [6.45, 7) is 1.89. The molecule has 3 N–H and O–H groups in total. The molecular formula is C9H11ClFNOS. The Labute approximate surface area is 91.3 Å². The van der Waals surface area contributed by atoms with Crippen LogP contribution in [0.15, 0.2) is 17.0 Å². The molecule has 0 amide bonds. The van der Waals surface area contributed by atoms with Gasteiger partial charge in [0, 0.05) is 15.8 Å². The summed E-state index contributed by atoms with van der Waals surface area (Å²) in [5.41, 5.74) is 5.94. The number of rotatable bonds is 3. The van der Waals surface area contributed by atoms with Gasteiger partial charge in [-0.2, -0.15) is 0 Å². The Bertz CT molecular complexity index is 335. The van der Waals surface area contributed by atoms with Gasteiger partial charge in [-0.1, -0.05) is 18.5 Å².